The van der Waals surface area contributed by atoms with E-state index in [0.717, 1.165) is 23.0 Å². The number of halogens is 6. The van der Waals surface area contributed by atoms with Gasteiger partial charge >= 0.3 is 12.4 Å². The van der Waals surface area contributed by atoms with E-state index in [1.807, 2.05) is 0 Å². The molecular formula is C25H20F6N4O4. The summed E-state index contributed by atoms with van der Waals surface area (Å²) in [5.41, 5.74) is -6.62. The van der Waals surface area contributed by atoms with Crippen molar-refractivity contribution in [1.29, 1.82) is 5.26 Å². The lowest BCUT2D eigenvalue weighted by atomic mass is 9.63. The molecule has 1 saturated heterocycles. The molecule has 2 aromatic heterocycles. The normalized spacial score (nSPS) is 25.9. The van der Waals surface area contributed by atoms with Crippen LogP contribution in [-0.2, 0) is 28.3 Å². The molecule has 4 heterocycles. The minimum atomic E-state index is -4.87. The summed E-state index contributed by atoms with van der Waals surface area (Å²) in [6.45, 7) is 4.72. The van der Waals surface area contributed by atoms with Crippen molar-refractivity contribution in [3.63, 3.8) is 0 Å². The highest BCUT2D eigenvalue weighted by Crippen LogP contribution is 2.70. The minimum Gasteiger partial charge on any atom is -0.494 e. The summed E-state index contributed by atoms with van der Waals surface area (Å²) < 4.78 is 92.6. The van der Waals surface area contributed by atoms with Crippen LogP contribution < -0.4 is 4.74 Å². The number of ether oxygens (including phenoxy) is 2. The monoisotopic (exact) mass is 554 g/mol. The zero-order valence-electron chi connectivity index (χ0n) is 20.6. The van der Waals surface area contributed by atoms with Crippen LogP contribution in [0.3, 0.4) is 0 Å². The van der Waals surface area contributed by atoms with Crippen LogP contribution in [0, 0.1) is 16.7 Å². The summed E-state index contributed by atoms with van der Waals surface area (Å²) in [7, 11) is 0. The fourth-order valence-corrected chi connectivity index (χ4v) is 5.76. The molecular weight excluding hydrogens is 534 g/mol. The predicted molar refractivity (Wildman–Crippen MR) is 120 cm³/mol. The van der Waals surface area contributed by atoms with Gasteiger partial charge in [-0.05, 0) is 38.5 Å². The molecule has 39 heavy (non-hydrogen) atoms. The van der Waals surface area contributed by atoms with Gasteiger partial charge in [-0.3, -0.25) is 4.57 Å². The van der Waals surface area contributed by atoms with Gasteiger partial charge in [-0.1, -0.05) is 6.92 Å². The third kappa shape index (κ3) is 3.78. The molecule has 0 radical (unpaired) electrons. The van der Waals surface area contributed by atoms with Crippen LogP contribution in [0.4, 0.5) is 26.3 Å². The lowest BCUT2D eigenvalue weighted by Gasteiger charge is -2.39. The van der Waals surface area contributed by atoms with E-state index in [0.29, 0.717) is 12.1 Å². The van der Waals surface area contributed by atoms with E-state index in [-0.39, 0.29) is 35.7 Å². The topological polar surface area (TPSA) is 113 Å². The average molecular weight is 554 g/mol. The Kier molecular flexibility index (Phi) is 5.47. The van der Waals surface area contributed by atoms with E-state index >= 15 is 0 Å². The third-order valence-electron chi connectivity index (χ3n) is 7.59. The second kappa shape index (κ2) is 8.01. The summed E-state index contributed by atoms with van der Waals surface area (Å²) in [6.07, 6.45) is -8.68. The van der Waals surface area contributed by atoms with Crippen molar-refractivity contribution in [3.05, 3.63) is 58.5 Å². The van der Waals surface area contributed by atoms with Gasteiger partial charge in [-0.25, -0.2) is 9.97 Å². The average Bonchev–Trinajstić information content (AvgIpc) is 3.34. The summed E-state index contributed by atoms with van der Waals surface area (Å²) >= 11 is 0. The molecule has 206 valence electrons. The summed E-state index contributed by atoms with van der Waals surface area (Å²) in [5, 5.41) is 31.4. The van der Waals surface area contributed by atoms with Crippen molar-refractivity contribution in [2.24, 2.45) is 5.41 Å². The first-order chi connectivity index (χ1) is 18.0. The first kappa shape index (κ1) is 26.6. The van der Waals surface area contributed by atoms with Crippen molar-refractivity contribution in [3.8, 4) is 29.4 Å². The van der Waals surface area contributed by atoms with Crippen LogP contribution >= 0.6 is 0 Å². The van der Waals surface area contributed by atoms with E-state index in [9.17, 15) is 36.6 Å². The van der Waals surface area contributed by atoms with Crippen LogP contribution in [-0.4, -0.2) is 31.4 Å². The van der Waals surface area contributed by atoms with E-state index in [2.05, 4.69) is 9.97 Å². The molecule has 14 heteroatoms. The SMILES string of the molecule is CC12C[C@@](C)(COc3cc(C(F)(F)F)ncn3)C(C)(O1)c1c2c(O)n(-c2ccc(C#N)c(C(F)(F)F)c2)c1O. The zero-order valence-corrected chi connectivity index (χ0v) is 20.6. The maximum absolute atomic E-state index is 13.6. The van der Waals surface area contributed by atoms with Crippen molar-refractivity contribution < 1.29 is 46.0 Å². The Morgan fingerprint density at radius 3 is 2.31 bits per heavy atom. The van der Waals surface area contributed by atoms with Gasteiger partial charge in [-0.15, -0.1) is 0 Å². The van der Waals surface area contributed by atoms with Crippen molar-refractivity contribution in [2.75, 3.05) is 6.61 Å². The molecule has 2 aliphatic rings. The van der Waals surface area contributed by atoms with Gasteiger partial charge < -0.3 is 19.7 Å². The number of hydrogen-bond acceptors (Lipinski definition) is 7. The molecule has 8 nitrogen and oxygen atoms in total. The zero-order chi connectivity index (χ0) is 28.8. The van der Waals surface area contributed by atoms with Crippen LogP contribution in [0.15, 0.2) is 30.6 Å². The molecule has 3 atom stereocenters. The van der Waals surface area contributed by atoms with Crippen LogP contribution in [0.2, 0.25) is 0 Å². The number of fused-ring (bicyclic) bond motifs is 5. The lowest BCUT2D eigenvalue weighted by molar-refractivity contribution is -0.141. The second-order valence-corrected chi connectivity index (χ2v) is 10.2. The maximum atomic E-state index is 13.6. The number of nitriles is 1. The Morgan fingerprint density at radius 1 is 1.03 bits per heavy atom. The van der Waals surface area contributed by atoms with Gasteiger partial charge in [-0.2, -0.15) is 31.6 Å². The summed E-state index contributed by atoms with van der Waals surface area (Å²) in [6, 6.07) is 4.87. The van der Waals surface area contributed by atoms with Gasteiger partial charge in [0.15, 0.2) is 5.69 Å². The maximum Gasteiger partial charge on any atom is 0.433 e. The molecule has 0 aliphatic carbocycles. The number of alkyl halides is 6. The van der Waals surface area contributed by atoms with E-state index in [4.69, 9.17) is 14.7 Å². The smallest absolute Gasteiger partial charge is 0.433 e. The predicted octanol–water partition coefficient (Wildman–Crippen LogP) is 5.54. The molecule has 1 aromatic carbocycles. The molecule has 0 spiro atoms. The molecule has 0 saturated carbocycles. The highest BCUT2D eigenvalue weighted by Gasteiger charge is 2.69. The standard InChI is InChI=1S/C25H20F6N4O4/c1-21(10-38-16-7-15(25(29,30)31)33-11-34-16)9-22(2)17-18(23(21,3)39-22)20(37)35(19(17)36)13-5-4-12(8-32)14(6-13)24(26,27)28/h4-7,11,36-37H,9-10H2,1-3H3/t21-,22?,23?/m0/s1. The fourth-order valence-electron chi connectivity index (χ4n) is 5.76. The van der Waals surface area contributed by atoms with E-state index < -0.39 is 57.6 Å². The number of aromatic hydroxyl groups is 2. The highest BCUT2D eigenvalue weighted by atomic mass is 19.4. The molecule has 1 fully saturated rings. The number of aromatic nitrogens is 3. The van der Waals surface area contributed by atoms with Crippen LogP contribution in [0.25, 0.3) is 5.69 Å². The van der Waals surface area contributed by atoms with E-state index in [1.165, 1.54) is 6.07 Å². The first-order valence-corrected chi connectivity index (χ1v) is 11.5. The van der Waals surface area contributed by atoms with Crippen molar-refractivity contribution in [2.45, 2.75) is 50.7 Å². The van der Waals surface area contributed by atoms with E-state index in [1.54, 1.807) is 20.8 Å². The fraction of sp³-hybridized carbons (Fsp3) is 0.400. The Bertz CT molecular complexity index is 1540. The molecule has 5 rings (SSSR count). The van der Waals surface area contributed by atoms with Gasteiger partial charge in [0.2, 0.25) is 17.6 Å². The van der Waals surface area contributed by atoms with Crippen LogP contribution in [0.1, 0.15) is 55.1 Å². The van der Waals surface area contributed by atoms with Gasteiger partial charge in [0.1, 0.15) is 11.9 Å². The molecule has 0 amide bonds. The molecule has 2 bridgehead atoms. The first-order valence-electron chi connectivity index (χ1n) is 11.5. The second-order valence-electron chi connectivity index (χ2n) is 10.2. The Balaban J connectivity index is 1.56. The molecule has 2 aliphatic heterocycles. The number of rotatable bonds is 4. The number of benzene rings is 1. The van der Waals surface area contributed by atoms with Crippen molar-refractivity contribution in [1.82, 2.24) is 14.5 Å². The number of nitrogens with zero attached hydrogens (tertiary/aromatic N) is 4. The Morgan fingerprint density at radius 2 is 1.69 bits per heavy atom. The Labute approximate surface area is 217 Å². The van der Waals surface area contributed by atoms with Crippen molar-refractivity contribution >= 4 is 0 Å². The highest BCUT2D eigenvalue weighted by molar-refractivity contribution is 5.62. The largest absolute Gasteiger partial charge is 0.494 e. The third-order valence-corrected chi connectivity index (χ3v) is 7.59. The Hall–Kier alpha value is -3.99. The molecule has 2 N–H and O–H groups in total. The number of hydrogen-bond donors (Lipinski definition) is 2. The van der Waals surface area contributed by atoms with Gasteiger partial charge in [0.25, 0.3) is 0 Å². The quantitative estimate of drug-likeness (QED) is 0.408. The van der Waals surface area contributed by atoms with Crippen LogP contribution in [0.5, 0.6) is 17.6 Å². The molecule has 3 aromatic rings. The van der Waals surface area contributed by atoms with Gasteiger partial charge in [0, 0.05) is 11.5 Å². The summed E-state index contributed by atoms with van der Waals surface area (Å²) in [5.74, 6) is -1.46. The summed E-state index contributed by atoms with van der Waals surface area (Å²) in [4.78, 5) is 6.92. The lowest BCUT2D eigenvalue weighted by Crippen LogP contribution is -2.43. The minimum absolute atomic E-state index is 0.108. The molecule has 2 unspecified atom stereocenters. The van der Waals surface area contributed by atoms with Gasteiger partial charge in [0.05, 0.1) is 46.2 Å².